The average Bonchev–Trinajstić information content (AvgIpc) is 2.89. The van der Waals surface area contributed by atoms with E-state index in [2.05, 4.69) is 0 Å². The van der Waals surface area contributed by atoms with Crippen molar-refractivity contribution in [2.45, 2.75) is 13.8 Å². The number of phenolic OH excluding ortho intramolecular Hbond substituents is 1. The molecule has 3 aromatic carbocycles. The van der Waals surface area contributed by atoms with Gasteiger partial charge in [0.2, 0.25) is 5.43 Å². The van der Waals surface area contributed by atoms with Gasteiger partial charge < -0.3 is 23.7 Å². The summed E-state index contributed by atoms with van der Waals surface area (Å²) in [5, 5.41) is 10.2. The van der Waals surface area contributed by atoms with Crippen LogP contribution in [0.2, 0.25) is 0 Å². The molecule has 0 fully saturated rings. The molecular formula is C30H24F2O6. The third-order valence-corrected chi connectivity index (χ3v) is 6.31. The number of hydrogen-bond acceptors (Lipinski definition) is 6. The van der Waals surface area contributed by atoms with Crippen molar-refractivity contribution in [2.75, 3.05) is 20.3 Å². The van der Waals surface area contributed by atoms with E-state index in [-0.39, 0.29) is 30.1 Å². The molecule has 1 N–H and O–H groups in total. The van der Waals surface area contributed by atoms with Crippen LogP contribution < -0.4 is 19.6 Å². The maximum absolute atomic E-state index is 14.4. The van der Waals surface area contributed by atoms with Crippen molar-refractivity contribution in [3.8, 4) is 45.4 Å². The quantitative estimate of drug-likeness (QED) is 0.192. The van der Waals surface area contributed by atoms with Crippen molar-refractivity contribution in [2.24, 2.45) is 0 Å². The maximum atomic E-state index is 14.4. The summed E-state index contributed by atoms with van der Waals surface area (Å²) in [5.74, 6) is -0.381. The summed E-state index contributed by atoms with van der Waals surface area (Å²) in [6.07, 6.45) is 0. The molecule has 1 aliphatic carbocycles. The van der Waals surface area contributed by atoms with Crippen LogP contribution in [-0.2, 0) is 0 Å². The number of fused-ring (bicyclic) bond motifs is 2. The molecule has 2 aliphatic rings. The van der Waals surface area contributed by atoms with E-state index in [9.17, 15) is 18.7 Å². The van der Waals surface area contributed by atoms with Crippen molar-refractivity contribution in [3.05, 3.63) is 93.6 Å². The summed E-state index contributed by atoms with van der Waals surface area (Å²) in [4.78, 5) is 12.0. The Morgan fingerprint density at radius 1 is 0.842 bits per heavy atom. The van der Waals surface area contributed by atoms with E-state index in [0.717, 1.165) is 35.4 Å². The molecule has 3 aromatic rings. The molecule has 6 nitrogen and oxygen atoms in total. The number of ether oxygens (including phenoxy) is 3. The minimum Gasteiger partial charge on any atom is -0.505 e. The second-order valence-corrected chi connectivity index (χ2v) is 8.86. The predicted octanol–water partition coefficient (Wildman–Crippen LogP) is 6.63. The fourth-order valence-electron chi connectivity index (χ4n) is 4.29. The molecule has 1 aliphatic heterocycles. The van der Waals surface area contributed by atoms with Gasteiger partial charge in [-0.3, -0.25) is 4.79 Å². The van der Waals surface area contributed by atoms with E-state index < -0.39 is 22.8 Å². The molecule has 0 atom stereocenters. The van der Waals surface area contributed by atoms with E-state index in [1.54, 1.807) is 25.3 Å². The SMILES string of the molecule is COc1ccc(C)c(OCCOc2cc(-c3c4cc(F)c(=O)cc-4oc4cc(O)c(F)cc34)ccc2C)c1. The third-order valence-electron chi connectivity index (χ3n) is 6.31. The maximum Gasteiger partial charge on any atom is 0.217 e. The number of halogens is 2. The van der Waals surface area contributed by atoms with Gasteiger partial charge in [0.1, 0.15) is 41.8 Å². The number of aromatic hydroxyl groups is 1. The Hall–Kier alpha value is -4.59. The van der Waals surface area contributed by atoms with Crippen molar-refractivity contribution in [1.82, 2.24) is 0 Å². The first-order chi connectivity index (χ1) is 18.2. The second-order valence-electron chi connectivity index (χ2n) is 8.86. The normalized spacial score (nSPS) is 11.2. The van der Waals surface area contributed by atoms with Crippen molar-refractivity contribution in [3.63, 3.8) is 0 Å². The number of methoxy groups -OCH3 is 1. The highest BCUT2D eigenvalue weighted by atomic mass is 19.1. The van der Waals surface area contributed by atoms with Gasteiger partial charge in [0.05, 0.1) is 7.11 Å². The zero-order valence-electron chi connectivity index (χ0n) is 20.9. The summed E-state index contributed by atoms with van der Waals surface area (Å²) in [6, 6.07) is 15.3. The number of aryl methyl sites for hydroxylation is 2. The summed E-state index contributed by atoms with van der Waals surface area (Å²) in [6.45, 7) is 4.33. The number of hydrogen-bond donors (Lipinski definition) is 1. The predicted molar refractivity (Wildman–Crippen MR) is 140 cm³/mol. The van der Waals surface area contributed by atoms with E-state index in [4.69, 9.17) is 18.6 Å². The first kappa shape index (κ1) is 25.1. The lowest BCUT2D eigenvalue weighted by atomic mass is 9.92. The van der Waals surface area contributed by atoms with Crippen LogP contribution in [0.5, 0.6) is 23.0 Å². The van der Waals surface area contributed by atoms with Gasteiger partial charge in [0.15, 0.2) is 17.4 Å². The fourth-order valence-corrected chi connectivity index (χ4v) is 4.29. The molecule has 0 aromatic heterocycles. The third kappa shape index (κ3) is 4.72. The molecule has 0 amide bonds. The van der Waals surface area contributed by atoms with Crippen LogP contribution in [-0.4, -0.2) is 25.4 Å². The first-order valence-electron chi connectivity index (χ1n) is 11.8. The van der Waals surface area contributed by atoms with Gasteiger partial charge in [-0.15, -0.1) is 0 Å². The zero-order valence-corrected chi connectivity index (χ0v) is 20.9. The van der Waals surface area contributed by atoms with Gasteiger partial charge in [0.25, 0.3) is 0 Å². The van der Waals surface area contributed by atoms with E-state index >= 15 is 0 Å². The minimum atomic E-state index is -0.957. The van der Waals surface area contributed by atoms with Gasteiger partial charge in [-0.25, -0.2) is 8.78 Å². The van der Waals surface area contributed by atoms with Crippen LogP contribution in [0.15, 0.2) is 69.9 Å². The van der Waals surface area contributed by atoms with E-state index in [1.807, 2.05) is 32.0 Å². The topological polar surface area (TPSA) is 78.1 Å². The Kier molecular flexibility index (Phi) is 6.63. The standard InChI is InChI=1S/C30H24F2O6/c1-16-4-6-18(10-26(16)36-8-9-37-27-11-19(35-3)7-5-17(27)2)30-20-12-22(31)24(33)14-28(20)38-29-15-25(34)23(32)13-21(29)30/h4-7,10-15,33H,8-9H2,1-3H3. The Morgan fingerprint density at radius 3 is 2.24 bits per heavy atom. The Bertz CT molecular complexity index is 1690. The molecule has 0 unspecified atom stereocenters. The minimum absolute atomic E-state index is 0.106. The van der Waals surface area contributed by atoms with Crippen molar-refractivity contribution < 1.29 is 32.5 Å². The first-order valence-corrected chi connectivity index (χ1v) is 11.8. The molecular weight excluding hydrogens is 494 g/mol. The molecule has 5 rings (SSSR count). The van der Waals surface area contributed by atoms with E-state index in [1.165, 1.54) is 0 Å². The van der Waals surface area contributed by atoms with Crippen LogP contribution in [0, 0.1) is 25.5 Å². The zero-order chi connectivity index (χ0) is 27.0. The smallest absolute Gasteiger partial charge is 0.217 e. The average molecular weight is 519 g/mol. The molecule has 0 bridgehead atoms. The monoisotopic (exact) mass is 518 g/mol. The molecule has 0 saturated heterocycles. The number of phenols is 1. The van der Waals surface area contributed by atoms with Gasteiger partial charge in [-0.1, -0.05) is 18.2 Å². The highest BCUT2D eigenvalue weighted by molar-refractivity contribution is 6.02. The summed E-state index contributed by atoms with van der Waals surface area (Å²) in [5.41, 5.74) is 2.42. The number of benzene rings is 4. The molecule has 0 spiro atoms. The molecule has 1 heterocycles. The molecule has 38 heavy (non-hydrogen) atoms. The van der Waals surface area contributed by atoms with Gasteiger partial charge in [-0.05, 0) is 54.8 Å². The Labute approximate surface area is 217 Å². The van der Waals surface area contributed by atoms with Crippen LogP contribution in [0.25, 0.3) is 33.4 Å². The van der Waals surface area contributed by atoms with Crippen LogP contribution >= 0.6 is 0 Å². The summed E-state index contributed by atoms with van der Waals surface area (Å²) < 4.78 is 51.6. The van der Waals surface area contributed by atoms with Crippen LogP contribution in [0.4, 0.5) is 8.78 Å². The van der Waals surface area contributed by atoms with Crippen molar-refractivity contribution in [1.29, 1.82) is 0 Å². The number of rotatable bonds is 7. The summed E-state index contributed by atoms with van der Waals surface area (Å²) >= 11 is 0. The van der Waals surface area contributed by atoms with Crippen molar-refractivity contribution >= 4 is 11.0 Å². The van der Waals surface area contributed by atoms with Gasteiger partial charge in [0, 0.05) is 34.7 Å². The van der Waals surface area contributed by atoms with Gasteiger partial charge >= 0.3 is 0 Å². The Balaban J connectivity index is 1.50. The molecule has 8 heteroatoms. The lowest BCUT2D eigenvalue weighted by Crippen LogP contribution is -2.10. The summed E-state index contributed by atoms with van der Waals surface area (Å²) in [7, 11) is 1.59. The molecule has 194 valence electrons. The van der Waals surface area contributed by atoms with Crippen LogP contribution in [0.1, 0.15) is 11.1 Å². The highest BCUT2D eigenvalue weighted by Gasteiger charge is 2.21. The Morgan fingerprint density at radius 2 is 1.53 bits per heavy atom. The highest BCUT2D eigenvalue weighted by Crippen LogP contribution is 2.42. The fraction of sp³-hybridized carbons (Fsp3) is 0.167. The molecule has 0 saturated carbocycles. The largest absolute Gasteiger partial charge is 0.505 e. The lowest BCUT2D eigenvalue weighted by molar-refractivity contribution is 0.215. The second kappa shape index (κ2) is 10.0. The van der Waals surface area contributed by atoms with Crippen LogP contribution in [0.3, 0.4) is 0 Å². The lowest BCUT2D eigenvalue weighted by Gasteiger charge is -2.17. The van der Waals surface area contributed by atoms with E-state index in [0.29, 0.717) is 33.8 Å². The van der Waals surface area contributed by atoms with Gasteiger partial charge in [-0.2, -0.15) is 0 Å². The molecule has 0 radical (unpaired) electrons.